The highest BCUT2D eigenvalue weighted by atomic mass is 35.5. The van der Waals surface area contributed by atoms with E-state index in [1.165, 1.54) is 18.9 Å². The largest absolute Gasteiger partial charge is 0.486 e. The number of nitrogens with one attached hydrogen (secondary N) is 1. The second-order valence-corrected chi connectivity index (χ2v) is 8.57. The van der Waals surface area contributed by atoms with E-state index in [-0.39, 0.29) is 23.8 Å². The summed E-state index contributed by atoms with van der Waals surface area (Å²) in [6, 6.07) is 23.3. The number of para-hydroxylation sites is 2. The van der Waals surface area contributed by atoms with Crippen LogP contribution in [0.4, 0.5) is 5.69 Å². The maximum Gasteiger partial charge on any atom is 0.339 e. The molecule has 0 aliphatic heterocycles. The van der Waals surface area contributed by atoms with Gasteiger partial charge >= 0.3 is 5.97 Å². The van der Waals surface area contributed by atoms with Gasteiger partial charge in [0.1, 0.15) is 12.4 Å². The van der Waals surface area contributed by atoms with Crippen molar-refractivity contribution in [1.29, 1.82) is 0 Å². The molecule has 0 aliphatic carbocycles. The first kappa shape index (κ1) is 24.3. The van der Waals surface area contributed by atoms with E-state index in [1.54, 1.807) is 48.5 Å². The van der Waals surface area contributed by atoms with E-state index < -0.39 is 5.97 Å². The van der Waals surface area contributed by atoms with Crippen LogP contribution in [0.15, 0.2) is 84.0 Å². The molecule has 0 bridgehead atoms. The predicted octanol–water partition coefficient (Wildman–Crippen LogP) is 5.02. The van der Waals surface area contributed by atoms with Crippen LogP contribution < -0.4 is 10.1 Å². The molecule has 0 radical (unpaired) electrons. The average Bonchev–Trinajstić information content (AvgIpc) is 3.30. The summed E-state index contributed by atoms with van der Waals surface area (Å²) < 4.78 is 12.5. The van der Waals surface area contributed by atoms with Gasteiger partial charge in [-0.25, -0.2) is 4.79 Å². The number of amides is 1. The van der Waals surface area contributed by atoms with E-state index in [1.807, 2.05) is 34.9 Å². The molecule has 1 amide bonds. The normalized spacial score (nSPS) is 10.6. The second-order valence-electron chi connectivity index (χ2n) is 7.19. The zero-order chi connectivity index (χ0) is 24.6. The number of carbonyl (C=O) groups excluding carboxylic acids is 2. The zero-order valence-electron chi connectivity index (χ0n) is 18.7. The Labute approximate surface area is 211 Å². The second kappa shape index (κ2) is 11.5. The number of anilines is 1. The standard InChI is InChI=1S/C25H21ClN4O4S/c1-33-24(32)20-9-5-6-10-21(20)27-23(31)16-35-25-29-28-22(30(25)18-7-3-2-4-8-18)15-34-19-13-11-17(26)12-14-19/h2-14H,15-16H2,1H3,(H,27,31). The summed E-state index contributed by atoms with van der Waals surface area (Å²) >= 11 is 7.16. The molecule has 1 aromatic heterocycles. The van der Waals surface area contributed by atoms with Gasteiger partial charge in [0.25, 0.3) is 0 Å². The van der Waals surface area contributed by atoms with Crippen LogP contribution in [0.1, 0.15) is 16.2 Å². The lowest BCUT2D eigenvalue weighted by Crippen LogP contribution is -2.17. The number of nitrogens with zero attached hydrogens (tertiary/aromatic N) is 3. The van der Waals surface area contributed by atoms with Gasteiger partial charge in [-0.2, -0.15) is 0 Å². The van der Waals surface area contributed by atoms with E-state index in [2.05, 4.69) is 15.5 Å². The maximum absolute atomic E-state index is 12.7. The molecule has 0 saturated heterocycles. The molecule has 0 atom stereocenters. The van der Waals surface area contributed by atoms with E-state index >= 15 is 0 Å². The van der Waals surface area contributed by atoms with Gasteiger partial charge in [-0.1, -0.05) is 53.7 Å². The fourth-order valence-electron chi connectivity index (χ4n) is 3.20. The first-order valence-corrected chi connectivity index (χ1v) is 11.9. The van der Waals surface area contributed by atoms with Gasteiger partial charge in [-0.3, -0.25) is 9.36 Å². The van der Waals surface area contributed by atoms with Crippen molar-refractivity contribution in [3.63, 3.8) is 0 Å². The summed E-state index contributed by atoms with van der Waals surface area (Å²) in [5.41, 5.74) is 1.50. The van der Waals surface area contributed by atoms with Crippen molar-refractivity contribution >= 4 is 40.9 Å². The number of benzene rings is 3. The lowest BCUT2D eigenvalue weighted by molar-refractivity contribution is -0.113. The lowest BCUT2D eigenvalue weighted by Gasteiger charge is -2.12. The number of aromatic nitrogens is 3. The molecule has 4 aromatic rings. The quantitative estimate of drug-likeness (QED) is 0.250. The van der Waals surface area contributed by atoms with Crippen molar-refractivity contribution in [2.45, 2.75) is 11.8 Å². The molecule has 0 aliphatic rings. The first-order chi connectivity index (χ1) is 17.0. The molecule has 1 heterocycles. The molecule has 3 aromatic carbocycles. The van der Waals surface area contributed by atoms with Gasteiger partial charge in [-0.05, 0) is 48.5 Å². The minimum atomic E-state index is -0.525. The van der Waals surface area contributed by atoms with Gasteiger partial charge in [0, 0.05) is 10.7 Å². The number of carbonyl (C=O) groups is 2. The Morgan fingerprint density at radius 1 is 0.971 bits per heavy atom. The summed E-state index contributed by atoms with van der Waals surface area (Å²) in [4.78, 5) is 24.6. The Morgan fingerprint density at radius 3 is 2.43 bits per heavy atom. The molecule has 178 valence electrons. The van der Waals surface area contributed by atoms with E-state index in [0.29, 0.717) is 27.4 Å². The van der Waals surface area contributed by atoms with Crippen molar-refractivity contribution in [3.8, 4) is 11.4 Å². The highest BCUT2D eigenvalue weighted by Crippen LogP contribution is 2.24. The summed E-state index contributed by atoms with van der Waals surface area (Å²) in [6.45, 7) is 0.169. The van der Waals surface area contributed by atoms with Gasteiger partial charge in [0.05, 0.1) is 24.1 Å². The van der Waals surface area contributed by atoms with Crippen LogP contribution in [0, 0.1) is 0 Å². The Hall–Kier alpha value is -3.82. The topological polar surface area (TPSA) is 95.3 Å². The summed E-state index contributed by atoms with van der Waals surface area (Å²) in [5, 5.41) is 12.5. The van der Waals surface area contributed by atoms with E-state index in [4.69, 9.17) is 21.1 Å². The molecule has 35 heavy (non-hydrogen) atoms. The van der Waals surface area contributed by atoms with Crippen molar-refractivity contribution in [2.75, 3.05) is 18.2 Å². The van der Waals surface area contributed by atoms with Crippen LogP contribution in [0.25, 0.3) is 5.69 Å². The Balaban J connectivity index is 1.49. The number of ether oxygens (including phenoxy) is 2. The predicted molar refractivity (Wildman–Crippen MR) is 134 cm³/mol. The zero-order valence-corrected chi connectivity index (χ0v) is 20.3. The highest BCUT2D eigenvalue weighted by molar-refractivity contribution is 7.99. The smallest absolute Gasteiger partial charge is 0.339 e. The molecule has 8 nitrogen and oxygen atoms in total. The monoisotopic (exact) mass is 508 g/mol. The molecule has 0 fully saturated rings. The molecule has 0 saturated carbocycles. The molecule has 4 rings (SSSR count). The third-order valence-electron chi connectivity index (χ3n) is 4.84. The van der Waals surface area contributed by atoms with Crippen LogP contribution >= 0.6 is 23.4 Å². The fraction of sp³-hybridized carbons (Fsp3) is 0.120. The minimum absolute atomic E-state index is 0.0541. The van der Waals surface area contributed by atoms with Gasteiger partial charge in [-0.15, -0.1) is 10.2 Å². The highest BCUT2D eigenvalue weighted by Gasteiger charge is 2.18. The number of halogens is 1. The summed E-state index contributed by atoms with van der Waals surface area (Å²) in [5.74, 6) is 0.453. The van der Waals surface area contributed by atoms with Crippen LogP contribution in [-0.4, -0.2) is 39.5 Å². The third-order valence-corrected chi connectivity index (χ3v) is 6.02. The van der Waals surface area contributed by atoms with Gasteiger partial charge < -0.3 is 14.8 Å². The van der Waals surface area contributed by atoms with E-state index in [0.717, 1.165) is 5.69 Å². The van der Waals surface area contributed by atoms with Crippen molar-refractivity contribution in [2.24, 2.45) is 0 Å². The number of methoxy groups -OCH3 is 1. The summed E-state index contributed by atoms with van der Waals surface area (Å²) in [6.07, 6.45) is 0. The van der Waals surface area contributed by atoms with Gasteiger partial charge in [0.2, 0.25) is 5.91 Å². The minimum Gasteiger partial charge on any atom is -0.486 e. The lowest BCUT2D eigenvalue weighted by atomic mass is 10.2. The van der Waals surface area contributed by atoms with Crippen LogP contribution in [0.2, 0.25) is 5.02 Å². The third kappa shape index (κ3) is 6.20. The number of esters is 1. The van der Waals surface area contributed by atoms with Crippen molar-refractivity contribution in [3.05, 3.63) is 95.3 Å². The number of hydrogen-bond acceptors (Lipinski definition) is 7. The Bertz CT molecular complexity index is 1310. The first-order valence-electron chi connectivity index (χ1n) is 10.5. The molecule has 1 N–H and O–H groups in total. The van der Waals surface area contributed by atoms with Crippen LogP contribution in [-0.2, 0) is 16.1 Å². The fourth-order valence-corrected chi connectivity index (χ4v) is 4.10. The van der Waals surface area contributed by atoms with Crippen molar-refractivity contribution in [1.82, 2.24) is 14.8 Å². The molecule has 0 unspecified atom stereocenters. The van der Waals surface area contributed by atoms with Crippen LogP contribution in [0.5, 0.6) is 5.75 Å². The maximum atomic E-state index is 12.7. The molecule has 10 heteroatoms. The average molecular weight is 509 g/mol. The SMILES string of the molecule is COC(=O)c1ccccc1NC(=O)CSc1nnc(COc2ccc(Cl)cc2)n1-c1ccccc1. The molecule has 0 spiro atoms. The molecular formula is C25H21ClN4O4S. The van der Waals surface area contributed by atoms with Gasteiger partial charge in [0.15, 0.2) is 11.0 Å². The Kier molecular flexibility index (Phi) is 8.02. The number of rotatable bonds is 9. The number of thioether (sulfide) groups is 1. The number of hydrogen-bond donors (Lipinski definition) is 1. The van der Waals surface area contributed by atoms with E-state index in [9.17, 15) is 9.59 Å². The molecular weight excluding hydrogens is 488 g/mol. The van der Waals surface area contributed by atoms with Crippen LogP contribution in [0.3, 0.4) is 0 Å². The van der Waals surface area contributed by atoms with Crippen molar-refractivity contribution < 1.29 is 19.1 Å². The Morgan fingerprint density at radius 2 is 1.69 bits per heavy atom. The summed E-state index contributed by atoms with van der Waals surface area (Å²) in [7, 11) is 1.29.